The van der Waals surface area contributed by atoms with Gasteiger partial charge in [-0.1, -0.05) is 6.92 Å². The Morgan fingerprint density at radius 3 is 2.58 bits per heavy atom. The van der Waals surface area contributed by atoms with Crippen molar-refractivity contribution in [2.75, 3.05) is 31.1 Å². The number of anilines is 2. The first-order valence-electron chi connectivity index (χ1n) is 6.36. The van der Waals surface area contributed by atoms with Gasteiger partial charge in [0.25, 0.3) is 0 Å². The molecule has 0 fully saturated rings. The van der Waals surface area contributed by atoms with Crippen molar-refractivity contribution in [3.05, 3.63) is 11.4 Å². The number of nitrogens with zero attached hydrogens (tertiary/aromatic N) is 2. The third-order valence-corrected chi connectivity index (χ3v) is 2.73. The summed E-state index contributed by atoms with van der Waals surface area (Å²) in [6.45, 7) is 4.29. The molecule has 0 radical (unpaired) electrons. The van der Waals surface area contributed by atoms with Crippen LogP contribution in [0.15, 0.2) is 0 Å². The Morgan fingerprint density at radius 1 is 1.37 bits per heavy atom. The summed E-state index contributed by atoms with van der Waals surface area (Å²) >= 11 is 0. The Morgan fingerprint density at radius 2 is 2.05 bits per heavy atom. The molecule has 0 aliphatic carbocycles. The van der Waals surface area contributed by atoms with E-state index in [2.05, 4.69) is 27.6 Å². The van der Waals surface area contributed by atoms with Crippen LogP contribution in [0.3, 0.4) is 0 Å². The summed E-state index contributed by atoms with van der Waals surface area (Å²) < 4.78 is 5.04. The van der Waals surface area contributed by atoms with Gasteiger partial charge in [-0.15, -0.1) is 0 Å². The molecule has 1 unspecified atom stereocenters. The number of aliphatic hydroxyl groups excluding tert-OH is 1. The van der Waals surface area contributed by atoms with Gasteiger partial charge in [-0.05, 0) is 13.3 Å². The molecule has 0 spiro atoms. The molecule has 5 N–H and O–H groups in total. The van der Waals surface area contributed by atoms with E-state index in [-0.39, 0.29) is 12.6 Å². The molecule has 19 heavy (non-hydrogen) atoms. The number of nitrogen functional groups attached to an aromatic ring is 1. The van der Waals surface area contributed by atoms with E-state index in [0.717, 1.165) is 24.2 Å². The highest BCUT2D eigenvalue weighted by Gasteiger charge is 2.14. The Bertz CT molecular complexity index is 400. The van der Waals surface area contributed by atoms with Crippen LogP contribution in [0.25, 0.3) is 0 Å². The van der Waals surface area contributed by atoms with E-state index in [4.69, 9.17) is 10.6 Å². The minimum Gasteiger partial charge on any atom is -0.394 e. The summed E-state index contributed by atoms with van der Waals surface area (Å²) in [5.74, 6) is 7.45. The number of nitrogens with two attached hydrogens (primary N) is 1. The van der Waals surface area contributed by atoms with Gasteiger partial charge in [0.05, 0.1) is 19.3 Å². The number of aliphatic hydroxyl groups is 1. The number of rotatable bonds is 8. The normalized spacial score (nSPS) is 12.3. The van der Waals surface area contributed by atoms with Gasteiger partial charge < -0.3 is 20.6 Å². The fourth-order valence-electron chi connectivity index (χ4n) is 1.71. The standard InChI is InChI=1S/C12H23N5O2/c1-4-5-10-15-11(8(2)12(16-10)17-13)14-9(6-18)7-19-3/h9,18H,4-7,13H2,1-3H3,(H2,14,15,16,17). The van der Waals surface area contributed by atoms with Crippen molar-refractivity contribution in [3.8, 4) is 0 Å². The monoisotopic (exact) mass is 269 g/mol. The number of hydrogen-bond donors (Lipinski definition) is 4. The van der Waals surface area contributed by atoms with Gasteiger partial charge in [0.1, 0.15) is 17.5 Å². The van der Waals surface area contributed by atoms with E-state index < -0.39 is 0 Å². The van der Waals surface area contributed by atoms with Gasteiger partial charge in [-0.3, -0.25) is 0 Å². The highest BCUT2D eigenvalue weighted by Crippen LogP contribution is 2.20. The lowest BCUT2D eigenvalue weighted by molar-refractivity contribution is 0.153. The van der Waals surface area contributed by atoms with Crippen LogP contribution < -0.4 is 16.6 Å². The molecule has 0 saturated heterocycles. The van der Waals surface area contributed by atoms with Crippen molar-refractivity contribution in [1.82, 2.24) is 9.97 Å². The Kier molecular flexibility index (Phi) is 6.48. The van der Waals surface area contributed by atoms with E-state index in [1.807, 2.05) is 6.92 Å². The highest BCUT2D eigenvalue weighted by molar-refractivity contribution is 5.57. The van der Waals surface area contributed by atoms with Gasteiger partial charge in [0.15, 0.2) is 0 Å². The average molecular weight is 269 g/mol. The van der Waals surface area contributed by atoms with E-state index in [1.54, 1.807) is 7.11 Å². The SMILES string of the molecule is CCCc1nc(NN)c(C)c(NC(CO)COC)n1. The van der Waals surface area contributed by atoms with Crippen LogP contribution in [0.1, 0.15) is 24.7 Å². The van der Waals surface area contributed by atoms with Gasteiger partial charge in [0, 0.05) is 19.1 Å². The van der Waals surface area contributed by atoms with E-state index in [1.165, 1.54) is 0 Å². The topological polar surface area (TPSA) is 105 Å². The van der Waals surface area contributed by atoms with Crippen LogP contribution >= 0.6 is 0 Å². The van der Waals surface area contributed by atoms with Crippen molar-refractivity contribution in [2.24, 2.45) is 5.84 Å². The number of hydrazine groups is 1. The summed E-state index contributed by atoms with van der Waals surface area (Å²) in [5, 5.41) is 12.4. The van der Waals surface area contributed by atoms with E-state index in [0.29, 0.717) is 18.2 Å². The number of hydrogen-bond acceptors (Lipinski definition) is 7. The van der Waals surface area contributed by atoms with Crippen LogP contribution in [0, 0.1) is 6.92 Å². The second kappa shape index (κ2) is 7.88. The fraction of sp³-hybridized carbons (Fsp3) is 0.667. The molecule has 0 aliphatic rings. The molecule has 1 aromatic rings. The molecule has 7 nitrogen and oxygen atoms in total. The maximum Gasteiger partial charge on any atom is 0.148 e. The summed E-state index contributed by atoms with van der Waals surface area (Å²) in [4.78, 5) is 8.80. The van der Waals surface area contributed by atoms with Crippen molar-refractivity contribution in [1.29, 1.82) is 0 Å². The molecule has 0 saturated carbocycles. The molecule has 108 valence electrons. The maximum absolute atomic E-state index is 9.28. The first-order chi connectivity index (χ1) is 9.15. The third-order valence-electron chi connectivity index (χ3n) is 2.73. The Labute approximate surface area is 113 Å². The molecule has 0 aliphatic heterocycles. The predicted molar refractivity (Wildman–Crippen MR) is 74.9 cm³/mol. The molecule has 7 heteroatoms. The Balaban J connectivity index is 2.99. The van der Waals surface area contributed by atoms with Crippen molar-refractivity contribution >= 4 is 11.6 Å². The van der Waals surface area contributed by atoms with E-state index in [9.17, 15) is 5.11 Å². The zero-order valence-electron chi connectivity index (χ0n) is 11.7. The number of aromatic nitrogens is 2. The van der Waals surface area contributed by atoms with Crippen molar-refractivity contribution < 1.29 is 9.84 Å². The lowest BCUT2D eigenvalue weighted by Gasteiger charge is -2.19. The van der Waals surface area contributed by atoms with Crippen LogP contribution in [0.2, 0.25) is 0 Å². The first kappa shape index (κ1) is 15.6. The molecule has 0 bridgehead atoms. The van der Waals surface area contributed by atoms with E-state index >= 15 is 0 Å². The van der Waals surface area contributed by atoms with Crippen LogP contribution in [0.4, 0.5) is 11.6 Å². The molecule has 1 rings (SSSR count). The second-order valence-electron chi connectivity index (χ2n) is 4.34. The quantitative estimate of drug-likeness (QED) is 0.401. The predicted octanol–water partition coefficient (Wildman–Crippen LogP) is 0.442. The summed E-state index contributed by atoms with van der Waals surface area (Å²) in [6.07, 6.45) is 1.73. The Hall–Kier alpha value is -1.44. The van der Waals surface area contributed by atoms with Gasteiger partial charge in [-0.2, -0.15) is 0 Å². The maximum atomic E-state index is 9.28. The van der Waals surface area contributed by atoms with Gasteiger partial charge >= 0.3 is 0 Å². The minimum atomic E-state index is -0.210. The fourth-order valence-corrected chi connectivity index (χ4v) is 1.71. The lowest BCUT2D eigenvalue weighted by Crippen LogP contribution is -2.30. The summed E-state index contributed by atoms with van der Waals surface area (Å²) in [7, 11) is 1.59. The molecule has 0 amide bonds. The third kappa shape index (κ3) is 4.30. The van der Waals surface area contributed by atoms with Crippen LogP contribution in [-0.4, -0.2) is 41.4 Å². The molecule has 1 atom stereocenters. The lowest BCUT2D eigenvalue weighted by atomic mass is 10.2. The molecule has 1 heterocycles. The van der Waals surface area contributed by atoms with Crippen LogP contribution in [0.5, 0.6) is 0 Å². The van der Waals surface area contributed by atoms with Crippen LogP contribution in [-0.2, 0) is 11.2 Å². The van der Waals surface area contributed by atoms with Crippen molar-refractivity contribution in [3.63, 3.8) is 0 Å². The number of aryl methyl sites for hydroxylation is 1. The molecule has 0 aromatic carbocycles. The average Bonchev–Trinajstić information content (AvgIpc) is 2.41. The smallest absolute Gasteiger partial charge is 0.148 e. The zero-order chi connectivity index (χ0) is 14.3. The number of nitrogens with one attached hydrogen (secondary N) is 2. The van der Waals surface area contributed by atoms with Gasteiger partial charge in [-0.25, -0.2) is 15.8 Å². The highest BCUT2D eigenvalue weighted by atomic mass is 16.5. The van der Waals surface area contributed by atoms with Gasteiger partial charge in [0.2, 0.25) is 0 Å². The number of methoxy groups -OCH3 is 1. The second-order valence-corrected chi connectivity index (χ2v) is 4.34. The summed E-state index contributed by atoms with van der Waals surface area (Å²) in [5.41, 5.74) is 3.39. The zero-order valence-corrected chi connectivity index (χ0v) is 11.7. The minimum absolute atomic E-state index is 0.0359. The van der Waals surface area contributed by atoms with Crippen molar-refractivity contribution in [2.45, 2.75) is 32.7 Å². The first-order valence-corrected chi connectivity index (χ1v) is 6.36. The largest absolute Gasteiger partial charge is 0.394 e. The molecular formula is C12H23N5O2. The molecule has 1 aromatic heterocycles. The number of ether oxygens (including phenoxy) is 1. The summed E-state index contributed by atoms with van der Waals surface area (Å²) in [6, 6.07) is -0.210. The molecular weight excluding hydrogens is 246 g/mol.